The molecule has 0 aliphatic heterocycles. The van der Waals surface area contributed by atoms with Crippen molar-refractivity contribution in [1.82, 2.24) is 0 Å². The highest BCUT2D eigenvalue weighted by atomic mass is 19.4. The number of aliphatic hydroxyl groups is 1. The van der Waals surface area contributed by atoms with Gasteiger partial charge in [0.25, 0.3) is 5.60 Å². The lowest BCUT2D eigenvalue weighted by molar-refractivity contribution is -0.413. The summed E-state index contributed by atoms with van der Waals surface area (Å²) >= 11 is 0. The third-order valence-corrected chi connectivity index (χ3v) is 3.52. The van der Waals surface area contributed by atoms with Gasteiger partial charge in [0.1, 0.15) is 5.60 Å². The molecule has 1 aliphatic carbocycles. The summed E-state index contributed by atoms with van der Waals surface area (Å²) in [6.07, 6.45) is -11.4. The highest BCUT2D eigenvalue weighted by Crippen LogP contribution is 2.52. The van der Waals surface area contributed by atoms with E-state index in [1.807, 2.05) is 0 Å². The first-order chi connectivity index (χ1) is 8.28. The average molecular weight is 294 g/mol. The zero-order valence-electron chi connectivity index (χ0n) is 10.7. The molecule has 0 aromatic heterocycles. The molecule has 1 N–H and O–H groups in total. The van der Waals surface area contributed by atoms with Crippen molar-refractivity contribution in [2.75, 3.05) is 0 Å². The molecule has 0 spiro atoms. The molecule has 1 aliphatic rings. The summed E-state index contributed by atoms with van der Waals surface area (Å²) in [4.78, 5) is 0. The molecule has 0 bridgehead atoms. The van der Waals surface area contributed by atoms with E-state index in [9.17, 15) is 31.4 Å². The first kappa shape index (κ1) is 16.6. The topological polar surface area (TPSA) is 29.5 Å². The van der Waals surface area contributed by atoms with E-state index in [0.717, 1.165) is 0 Å². The molecule has 2 unspecified atom stereocenters. The summed E-state index contributed by atoms with van der Waals surface area (Å²) in [5, 5.41) is 9.27. The third kappa shape index (κ3) is 2.69. The van der Waals surface area contributed by atoms with E-state index in [0.29, 0.717) is 26.7 Å². The lowest BCUT2D eigenvalue weighted by Crippen LogP contribution is -2.69. The maximum Gasteiger partial charge on any atom is 0.429 e. The minimum absolute atomic E-state index is 0.0509. The van der Waals surface area contributed by atoms with Crippen molar-refractivity contribution in [3.05, 3.63) is 0 Å². The Balaban J connectivity index is 3.04. The molecule has 2 atom stereocenters. The lowest BCUT2D eigenvalue weighted by atomic mass is 9.84. The predicted octanol–water partition coefficient (Wildman–Crippen LogP) is 3.44. The van der Waals surface area contributed by atoms with Crippen LogP contribution >= 0.6 is 0 Å². The highest BCUT2D eigenvalue weighted by molar-refractivity contribution is 5.08. The monoisotopic (exact) mass is 294 g/mol. The highest BCUT2D eigenvalue weighted by Gasteiger charge is 2.78. The number of alkyl halides is 6. The number of hydrogen-bond donors (Lipinski definition) is 1. The van der Waals surface area contributed by atoms with E-state index < -0.39 is 29.7 Å². The van der Waals surface area contributed by atoms with Crippen LogP contribution in [0.1, 0.15) is 33.6 Å². The zero-order valence-corrected chi connectivity index (χ0v) is 10.7. The van der Waals surface area contributed by atoms with Crippen molar-refractivity contribution in [2.24, 2.45) is 5.92 Å². The average Bonchev–Trinajstić information content (AvgIpc) is 2.90. The molecule has 1 rings (SSSR count). The summed E-state index contributed by atoms with van der Waals surface area (Å²) in [6, 6.07) is 0. The van der Waals surface area contributed by atoms with Crippen molar-refractivity contribution >= 4 is 0 Å². The van der Waals surface area contributed by atoms with Crippen LogP contribution in [0.2, 0.25) is 0 Å². The molecule has 0 saturated heterocycles. The number of rotatable bonds is 4. The van der Waals surface area contributed by atoms with E-state index in [1.165, 1.54) is 0 Å². The standard InChI is InChI=1S/C11H16F6O2/c1-4-6-5-7(6)19-8(2,3)9(18,10(12,13)14)11(15,16)17/h6-7,18H,4-5H2,1-3H3. The number of halogens is 6. The van der Waals surface area contributed by atoms with E-state index >= 15 is 0 Å². The third-order valence-electron chi connectivity index (χ3n) is 3.52. The SMILES string of the molecule is CCC1CC1OC(C)(C)C(O)(C(F)(F)F)C(F)(F)F. The lowest BCUT2D eigenvalue weighted by Gasteiger charge is -2.44. The van der Waals surface area contributed by atoms with Crippen molar-refractivity contribution in [2.45, 2.75) is 63.3 Å². The zero-order chi connectivity index (χ0) is 15.3. The quantitative estimate of drug-likeness (QED) is 0.805. The van der Waals surface area contributed by atoms with Crippen LogP contribution in [-0.2, 0) is 4.74 Å². The summed E-state index contributed by atoms with van der Waals surface area (Å²) in [7, 11) is 0. The van der Waals surface area contributed by atoms with Gasteiger partial charge < -0.3 is 9.84 Å². The molecule has 114 valence electrons. The molecule has 19 heavy (non-hydrogen) atoms. The van der Waals surface area contributed by atoms with Crippen molar-refractivity contribution in [1.29, 1.82) is 0 Å². The number of ether oxygens (including phenoxy) is 1. The van der Waals surface area contributed by atoms with Gasteiger partial charge in [0.05, 0.1) is 6.10 Å². The van der Waals surface area contributed by atoms with Gasteiger partial charge in [-0.1, -0.05) is 13.3 Å². The van der Waals surface area contributed by atoms with E-state index in [1.54, 1.807) is 6.92 Å². The Morgan fingerprint density at radius 1 is 1.05 bits per heavy atom. The van der Waals surface area contributed by atoms with Gasteiger partial charge in [-0.05, 0) is 26.2 Å². The summed E-state index contributed by atoms with van der Waals surface area (Å²) in [5.41, 5.74) is -7.70. The van der Waals surface area contributed by atoms with Crippen LogP contribution in [0.15, 0.2) is 0 Å². The van der Waals surface area contributed by atoms with Gasteiger partial charge in [0, 0.05) is 0 Å². The molecule has 0 radical (unpaired) electrons. The minimum Gasteiger partial charge on any atom is -0.371 e. The maximum absolute atomic E-state index is 12.7. The number of hydrogen-bond acceptors (Lipinski definition) is 2. The molecular formula is C11H16F6O2. The van der Waals surface area contributed by atoms with Gasteiger partial charge in [-0.25, -0.2) is 0 Å². The van der Waals surface area contributed by atoms with Gasteiger partial charge in [-0.15, -0.1) is 0 Å². The molecule has 1 saturated carbocycles. The fourth-order valence-electron chi connectivity index (χ4n) is 2.10. The molecule has 8 heteroatoms. The first-order valence-electron chi connectivity index (χ1n) is 5.81. The Hall–Kier alpha value is -0.500. The van der Waals surface area contributed by atoms with Gasteiger partial charge in [0.2, 0.25) is 0 Å². The fourth-order valence-corrected chi connectivity index (χ4v) is 2.10. The molecule has 0 aromatic carbocycles. The van der Waals surface area contributed by atoms with Crippen LogP contribution in [0.25, 0.3) is 0 Å². The van der Waals surface area contributed by atoms with E-state index in [2.05, 4.69) is 0 Å². The van der Waals surface area contributed by atoms with Gasteiger partial charge in [-0.2, -0.15) is 26.3 Å². The normalized spacial score (nSPS) is 25.6. The molecule has 1 fully saturated rings. The van der Waals surface area contributed by atoms with Crippen molar-refractivity contribution in [3.63, 3.8) is 0 Å². The van der Waals surface area contributed by atoms with Gasteiger partial charge in [-0.3, -0.25) is 0 Å². The summed E-state index contributed by atoms with van der Waals surface area (Å²) in [6.45, 7) is 2.98. The van der Waals surface area contributed by atoms with E-state index in [4.69, 9.17) is 4.74 Å². The van der Waals surface area contributed by atoms with Crippen LogP contribution in [-0.4, -0.2) is 34.8 Å². The van der Waals surface area contributed by atoms with Crippen molar-refractivity contribution < 1.29 is 36.2 Å². The first-order valence-corrected chi connectivity index (χ1v) is 5.81. The fraction of sp³-hybridized carbons (Fsp3) is 1.00. The molecule has 0 aromatic rings. The van der Waals surface area contributed by atoms with Crippen LogP contribution in [0, 0.1) is 5.92 Å². The van der Waals surface area contributed by atoms with Crippen LogP contribution in [0.5, 0.6) is 0 Å². The summed E-state index contributed by atoms with van der Waals surface area (Å²) < 4.78 is 81.1. The van der Waals surface area contributed by atoms with Crippen LogP contribution < -0.4 is 0 Å². The Morgan fingerprint density at radius 2 is 1.47 bits per heavy atom. The second-order valence-corrected chi connectivity index (χ2v) is 5.28. The molecular weight excluding hydrogens is 278 g/mol. The predicted molar refractivity (Wildman–Crippen MR) is 54.4 cm³/mol. The minimum atomic E-state index is -5.87. The molecule has 0 amide bonds. The van der Waals surface area contributed by atoms with Gasteiger partial charge >= 0.3 is 12.4 Å². The Bertz CT molecular complexity index is 319. The van der Waals surface area contributed by atoms with Crippen LogP contribution in [0.4, 0.5) is 26.3 Å². The molecule has 0 heterocycles. The Labute approximate surface area is 106 Å². The van der Waals surface area contributed by atoms with Gasteiger partial charge in [0.15, 0.2) is 0 Å². The second-order valence-electron chi connectivity index (χ2n) is 5.28. The largest absolute Gasteiger partial charge is 0.429 e. The Morgan fingerprint density at radius 3 is 1.74 bits per heavy atom. The van der Waals surface area contributed by atoms with E-state index in [-0.39, 0.29) is 5.92 Å². The summed E-state index contributed by atoms with van der Waals surface area (Å²) in [5.74, 6) is -0.0509. The smallest absolute Gasteiger partial charge is 0.371 e. The van der Waals surface area contributed by atoms with Crippen LogP contribution in [0.3, 0.4) is 0 Å². The maximum atomic E-state index is 12.7. The van der Waals surface area contributed by atoms with Crippen molar-refractivity contribution in [3.8, 4) is 0 Å². The molecule has 2 nitrogen and oxygen atoms in total. The second kappa shape index (κ2) is 4.51. The Kier molecular flexibility index (Phi) is 3.93.